The van der Waals surface area contributed by atoms with E-state index in [1.54, 1.807) is 6.20 Å². The summed E-state index contributed by atoms with van der Waals surface area (Å²) in [6.07, 6.45) is -1.52. The van der Waals surface area contributed by atoms with Crippen LogP contribution in [0.1, 0.15) is 11.4 Å². The van der Waals surface area contributed by atoms with Crippen molar-refractivity contribution < 1.29 is 13.2 Å². The first kappa shape index (κ1) is 15.1. The van der Waals surface area contributed by atoms with Crippen LogP contribution in [-0.4, -0.2) is 28.6 Å². The van der Waals surface area contributed by atoms with Gasteiger partial charge in [0.1, 0.15) is 5.69 Å². The number of pyridine rings is 1. The van der Waals surface area contributed by atoms with Gasteiger partial charge in [-0.1, -0.05) is 0 Å². The van der Waals surface area contributed by atoms with Crippen LogP contribution in [-0.2, 0) is 19.8 Å². The Morgan fingerprint density at radius 3 is 2.38 bits per heavy atom. The molecule has 0 fully saturated rings. The molecule has 0 aliphatic carbocycles. The van der Waals surface area contributed by atoms with Crippen molar-refractivity contribution in [1.82, 2.24) is 14.5 Å². The van der Waals surface area contributed by atoms with E-state index in [1.165, 1.54) is 12.3 Å². The topological polar surface area (TPSA) is 46.0 Å². The molecule has 5 nitrogen and oxygen atoms in total. The molecule has 0 unspecified atom stereocenters. The minimum Gasteiger partial charge on any atom is -0.378 e. The first-order chi connectivity index (χ1) is 9.79. The summed E-state index contributed by atoms with van der Waals surface area (Å²) >= 11 is 0. The molecule has 2 heterocycles. The Morgan fingerprint density at radius 2 is 1.90 bits per heavy atom. The molecule has 2 aromatic rings. The lowest BCUT2D eigenvalue weighted by Crippen LogP contribution is -2.15. The van der Waals surface area contributed by atoms with E-state index in [4.69, 9.17) is 0 Å². The lowest BCUT2D eigenvalue weighted by atomic mass is 10.3. The molecule has 0 radical (unpaired) electrons. The second kappa shape index (κ2) is 5.63. The van der Waals surface area contributed by atoms with Gasteiger partial charge in [-0.2, -0.15) is 13.2 Å². The van der Waals surface area contributed by atoms with Crippen LogP contribution < -0.4 is 10.2 Å². The van der Waals surface area contributed by atoms with E-state index in [0.29, 0.717) is 12.2 Å². The summed E-state index contributed by atoms with van der Waals surface area (Å²) in [6.45, 7) is 0.449. The van der Waals surface area contributed by atoms with E-state index >= 15 is 0 Å². The third-order valence-electron chi connectivity index (χ3n) is 2.99. The molecule has 0 atom stereocenters. The Balaban J connectivity index is 2.03. The molecule has 0 saturated carbocycles. The molecule has 0 saturated heterocycles. The zero-order valence-electron chi connectivity index (χ0n) is 11.9. The molecule has 0 amide bonds. The van der Waals surface area contributed by atoms with E-state index in [9.17, 15) is 13.2 Å². The monoisotopic (exact) mass is 299 g/mol. The third kappa shape index (κ3) is 3.45. The van der Waals surface area contributed by atoms with Gasteiger partial charge in [0.15, 0.2) is 0 Å². The number of rotatable bonds is 4. The van der Waals surface area contributed by atoms with Crippen molar-refractivity contribution in [2.24, 2.45) is 7.05 Å². The summed E-state index contributed by atoms with van der Waals surface area (Å²) < 4.78 is 39.1. The summed E-state index contributed by atoms with van der Waals surface area (Å²) in [4.78, 5) is 9.54. The summed E-state index contributed by atoms with van der Waals surface area (Å²) in [7, 11) is 5.66. The number of nitrogens with zero attached hydrogens (tertiary/aromatic N) is 4. The average Bonchev–Trinajstić information content (AvgIpc) is 2.77. The number of alkyl halides is 3. The first-order valence-corrected chi connectivity index (χ1v) is 6.24. The quantitative estimate of drug-likeness (QED) is 0.942. The van der Waals surface area contributed by atoms with Gasteiger partial charge in [0.05, 0.1) is 30.3 Å². The predicted molar refractivity (Wildman–Crippen MR) is 74.1 cm³/mol. The number of halogens is 3. The van der Waals surface area contributed by atoms with Gasteiger partial charge in [0, 0.05) is 21.1 Å². The lowest BCUT2D eigenvalue weighted by Gasteiger charge is -2.13. The maximum atomic E-state index is 12.4. The zero-order valence-corrected chi connectivity index (χ0v) is 11.9. The van der Waals surface area contributed by atoms with Crippen LogP contribution in [0.15, 0.2) is 24.5 Å². The van der Waals surface area contributed by atoms with Gasteiger partial charge in [-0.15, -0.1) is 0 Å². The number of hydrogen-bond acceptors (Lipinski definition) is 4. The minimum atomic E-state index is -4.42. The maximum absolute atomic E-state index is 12.4. The smallest absolute Gasteiger partial charge is 0.378 e. The molecule has 0 aliphatic heterocycles. The van der Waals surface area contributed by atoms with Crippen LogP contribution in [0.2, 0.25) is 0 Å². The summed E-state index contributed by atoms with van der Waals surface area (Å²) in [5.74, 6) is 0.803. The molecule has 21 heavy (non-hydrogen) atoms. The SMILES string of the molecule is CN(C)c1ncc(CNc2ccc(C(F)(F)F)nc2)n1C. The molecule has 0 aliphatic rings. The van der Waals surface area contributed by atoms with Crippen molar-refractivity contribution in [2.75, 3.05) is 24.3 Å². The molecular weight excluding hydrogens is 283 g/mol. The van der Waals surface area contributed by atoms with Gasteiger partial charge >= 0.3 is 6.18 Å². The van der Waals surface area contributed by atoms with Crippen LogP contribution in [0.25, 0.3) is 0 Å². The molecule has 1 N–H and O–H groups in total. The van der Waals surface area contributed by atoms with Gasteiger partial charge in [0.2, 0.25) is 5.95 Å². The van der Waals surface area contributed by atoms with Crippen LogP contribution in [0.3, 0.4) is 0 Å². The van der Waals surface area contributed by atoms with E-state index in [0.717, 1.165) is 17.7 Å². The van der Waals surface area contributed by atoms with E-state index in [1.807, 2.05) is 30.6 Å². The predicted octanol–water partition coefficient (Wildman–Crippen LogP) is 2.51. The van der Waals surface area contributed by atoms with Gasteiger partial charge in [-0.25, -0.2) is 9.97 Å². The van der Waals surface area contributed by atoms with Crippen molar-refractivity contribution in [2.45, 2.75) is 12.7 Å². The highest BCUT2D eigenvalue weighted by Gasteiger charge is 2.31. The summed E-state index contributed by atoms with van der Waals surface area (Å²) in [6, 6.07) is 2.32. The molecule has 8 heteroatoms. The normalized spacial score (nSPS) is 11.5. The van der Waals surface area contributed by atoms with E-state index in [2.05, 4.69) is 15.3 Å². The summed E-state index contributed by atoms with van der Waals surface area (Å²) in [5, 5.41) is 3.02. The fourth-order valence-electron chi connectivity index (χ4n) is 1.87. The molecule has 0 aromatic carbocycles. The minimum absolute atomic E-state index is 0.449. The Hall–Kier alpha value is -2.25. The highest BCUT2D eigenvalue weighted by Crippen LogP contribution is 2.27. The summed E-state index contributed by atoms with van der Waals surface area (Å²) in [5.41, 5.74) is 0.540. The van der Waals surface area contributed by atoms with E-state index in [-0.39, 0.29) is 0 Å². The number of nitrogens with one attached hydrogen (secondary N) is 1. The van der Waals surface area contributed by atoms with Crippen molar-refractivity contribution >= 4 is 11.6 Å². The average molecular weight is 299 g/mol. The number of imidazole rings is 1. The molecular formula is C13H16F3N5. The number of anilines is 2. The van der Waals surface area contributed by atoms with Gasteiger partial charge < -0.3 is 14.8 Å². The Kier molecular flexibility index (Phi) is 4.06. The molecule has 0 spiro atoms. The van der Waals surface area contributed by atoms with Crippen molar-refractivity contribution in [3.8, 4) is 0 Å². The van der Waals surface area contributed by atoms with Gasteiger partial charge in [0.25, 0.3) is 0 Å². The van der Waals surface area contributed by atoms with Gasteiger partial charge in [-0.3, -0.25) is 0 Å². The Labute approximate surface area is 120 Å². The van der Waals surface area contributed by atoms with Crippen LogP contribution in [0.5, 0.6) is 0 Å². The van der Waals surface area contributed by atoms with Gasteiger partial charge in [-0.05, 0) is 12.1 Å². The molecule has 2 rings (SSSR count). The second-order valence-electron chi connectivity index (χ2n) is 4.79. The van der Waals surface area contributed by atoms with Crippen molar-refractivity contribution in [3.05, 3.63) is 35.9 Å². The molecule has 0 bridgehead atoms. The molecule has 114 valence electrons. The highest BCUT2D eigenvalue weighted by molar-refractivity contribution is 5.42. The maximum Gasteiger partial charge on any atom is 0.433 e. The highest BCUT2D eigenvalue weighted by atomic mass is 19.4. The second-order valence-corrected chi connectivity index (χ2v) is 4.79. The van der Waals surface area contributed by atoms with Crippen LogP contribution in [0, 0.1) is 0 Å². The van der Waals surface area contributed by atoms with Crippen LogP contribution >= 0.6 is 0 Å². The number of aromatic nitrogens is 3. The standard InChI is InChI=1S/C13H16F3N5/c1-20(2)12-19-8-10(21(12)3)7-17-9-4-5-11(18-6-9)13(14,15)16/h4-6,8,17H,7H2,1-3H3. The van der Waals surface area contributed by atoms with Crippen molar-refractivity contribution in [1.29, 1.82) is 0 Å². The van der Waals surface area contributed by atoms with Crippen molar-refractivity contribution in [3.63, 3.8) is 0 Å². The lowest BCUT2D eigenvalue weighted by molar-refractivity contribution is -0.141. The Bertz CT molecular complexity index is 601. The number of hydrogen-bond donors (Lipinski definition) is 1. The molecule has 2 aromatic heterocycles. The fraction of sp³-hybridized carbons (Fsp3) is 0.385. The zero-order chi connectivity index (χ0) is 15.6. The Morgan fingerprint density at radius 1 is 1.19 bits per heavy atom. The largest absolute Gasteiger partial charge is 0.433 e. The fourth-order valence-corrected chi connectivity index (χ4v) is 1.87. The first-order valence-electron chi connectivity index (χ1n) is 6.24. The van der Waals surface area contributed by atoms with E-state index < -0.39 is 11.9 Å². The third-order valence-corrected chi connectivity index (χ3v) is 2.99. The van der Waals surface area contributed by atoms with Crippen LogP contribution in [0.4, 0.5) is 24.8 Å².